The molecule has 20 heavy (non-hydrogen) atoms. The highest BCUT2D eigenvalue weighted by Crippen LogP contribution is 2.26. The number of piperidine rings is 1. The predicted molar refractivity (Wildman–Crippen MR) is 86.8 cm³/mol. The minimum absolute atomic E-state index is 0.233. The number of benzene rings is 1. The maximum absolute atomic E-state index is 5.95. The van der Waals surface area contributed by atoms with Crippen LogP contribution >= 0.6 is 0 Å². The second-order valence-corrected chi connectivity index (χ2v) is 7.29. The SMILES string of the molecule is CC1CCCC(CN)N1Cc1ccc(C(C)(C)C)cc1. The topological polar surface area (TPSA) is 29.3 Å². The summed E-state index contributed by atoms with van der Waals surface area (Å²) in [5.41, 5.74) is 9.00. The first-order chi connectivity index (χ1) is 9.41. The van der Waals surface area contributed by atoms with Gasteiger partial charge in [-0.3, -0.25) is 4.90 Å². The maximum atomic E-state index is 5.95. The van der Waals surface area contributed by atoms with Crippen LogP contribution in [0.3, 0.4) is 0 Å². The van der Waals surface area contributed by atoms with Crippen LogP contribution in [0, 0.1) is 0 Å². The second-order valence-electron chi connectivity index (χ2n) is 7.29. The van der Waals surface area contributed by atoms with E-state index in [9.17, 15) is 0 Å². The summed E-state index contributed by atoms with van der Waals surface area (Å²) in [6.07, 6.45) is 3.87. The van der Waals surface area contributed by atoms with Gasteiger partial charge < -0.3 is 5.73 Å². The molecule has 0 radical (unpaired) electrons. The standard InChI is InChI=1S/C18H30N2/c1-14-6-5-7-17(12-19)20(14)13-15-8-10-16(11-9-15)18(2,3)4/h8-11,14,17H,5-7,12-13,19H2,1-4H3. The Kier molecular flexibility index (Phi) is 4.87. The lowest BCUT2D eigenvalue weighted by Gasteiger charge is -2.40. The third kappa shape index (κ3) is 3.62. The van der Waals surface area contributed by atoms with E-state index >= 15 is 0 Å². The van der Waals surface area contributed by atoms with Crippen molar-refractivity contribution in [2.45, 2.75) is 71.0 Å². The van der Waals surface area contributed by atoms with Crippen molar-refractivity contribution in [2.75, 3.05) is 6.54 Å². The summed E-state index contributed by atoms with van der Waals surface area (Å²) < 4.78 is 0. The first-order valence-corrected chi connectivity index (χ1v) is 7.97. The normalized spacial score (nSPS) is 24.9. The van der Waals surface area contributed by atoms with Crippen molar-refractivity contribution in [3.63, 3.8) is 0 Å². The summed E-state index contributed by atoms with van der Waals surface area (Å²) in [7, 11) is 0. The third-order valence-corrected chi connectivity index (χ3v) is 4.65. The Hall–Kier alpha value is -0.860. The Bertz CT molecular complexity index is 416. The fourth-order valence-electron chi connectivity index (χ4n) is 3.20. The Morgan fingerprint density at radius 2 is 1.80 bits per heavy atom. The van der Waals surface area contributed by atoms with Crippen LogP contribution in [0.2, 0.25) is 0 Å². The molecule has 0 aliphatic carbocycles. The van der Waals surface area contributed by atoms with Crippen LogP contribution in [-0.4, -0.2) is 23.5 Å². The number of hydrogen-bond donors (Lipinski definition) is 1. The quantitative estimate of drug-likeness (QED) is 0.911. The molecule has 1 aromatic rings. The van der Waals surface area contributed by atoms with Gasteiger partial charge in [0.25, 0.3) is 0 Å². The molecule has 2 rings (SSSR count). The number of nitrogens with two attached hydrogens (primary N) is 1. The summed E-state index contributed by atoms with van der Waals surface area (Å²) in [4.78, 5) is 2.59. The summed E-state index contributed by atoms with van der Waals surface area (Å²) in [6.45, 7) is 10.9. The lowest BCUT2D eigenvalue weighted by Crippen LogP contribution is -2.48. The molecule has 0 saturated carbocycles. The van der Waals surface area contributed by atoms with Crippen LogP contribution in [0.25, 0.3) is 0 Å². The molecule has 2 unspecified atom stereocenters. The van der Waals surface area contributed by atoms with Gasteiger partial charge in [-0.15, -0.1) is 0 Å². The molecule has 112 valence electrons. The highest BCUT2D eigenvalue weighted by Gasteiger charge is 2.26. The van der Waals surface area contributed by atoms with Gasteiger partial charge in [0.1, 0.15) is 0 Å². The third-order valence-electron chi connectivity index (χ3n) is 4.65. The van der Waals surface area contributed by atoms with Gasteiger partial charge in [-0.05, 0) is 36.3 Å². The predicted octanol–water partition coefficient (Wildman–Crippen LogP) is 3.69. The van der Waals surface area contributed by atoms with E-state index < -0.39 is 0 Å². The Morgan fingerprint density at radius 3 is 2.35 bits per heavy atom. The molecule has 0 aromatic heterocycles. The van der Waals surface area contributed by atoms with E-state index in [0.29, 0.717) is 12.1 Å². The zero-order chi connectivity index (χ0) is 14.8. The van der Waals surface area contributed by atoms with Crippen LogP contribution in [0.1, 0.15) is 58.1 Å². The first-order valence-electron chi connectivity index (χ1n) is 7.97. The molecule has 1 fully saturated rings. The molecule has 0 bridgehead atoms. The average molecular weight is 274 g/mol. The van der Waals surface area contributed by atoms with E-state index in [2.05, 4.69) is 56.9 Å². The number of nitrogens with zero attached hydrogens (tertiary/aromatic N) is 1. The molecule has 2 atom stereocenters. The molecule has 2 heteroatoms. The van der Waals surface area contributed by atoms with Crippen molar-refractivity contribution >= 4 is 0 Å². The molecule has 1 aliphatic rings. The summed E-state index contributed by atoms with van der Waals surface area (Å²) >= 11 is 0. The van der Waals surface area contributed by atoms with Crippen LogP contribution < -0.4 is 5.73 Å². The Labute approximate surface area is 124 Å². The van der Waals surface area contributed by atoms with Gasteiger partial charge in [0.2, 0.25) is 0 Å². The molecule has 1 aliphatic heterocycles. The summed E-state index contributed by atoms with van der Waals surface area (Å²) in [5, 5.41) is 0. The molecule has 1 saturated heterocycles. The zero-order valence-electron chi connectivity index (χ0n) is 13.5. The monoisotopic (exact) mass is 274 g/mol. The van der Waals surface area contributed by atoms with E-state index in [1.54, 1.807) is 0 Å². The van der Waals surface area contributed by atoms with Gasteiger partial charge >= 0.3 is 0 Å². The fourth-order valence-corrected chi connectivity index (χ4v) is 3.20. The fraction of sp³-hybridized carbons (Fsp3) is 0.667. The van der Waals surface area contributed by atoms with Crippen molar-refractivity contribution in [3.8, 4) is 0 Å². The smallest absolute Gasteiger partial charge is 0.0240 e. The molecule has 2 N–H and O–H groups in total. The van der Waals surface area contributed by atoms with Crippen LogP contribution in [0.5, 0.6) is 0 Å². The van der Waals surface area contributed by atoms with Crippen molar-refractivity contribution in [1.29, 1.82) is 0 Å². The van der Waals surface area contributed by atoms with Crippen molar-refractivity contribution < 1.29 is 0 Å². The molecular formula is C18H30N2. The van der Waals surface area contributed by atoms with Gasteiger partial charge in [0.05, 0.1) is 0 Å². The largest absolute Gasteiger partial charge is 0.329 e. The maximum Gasteiger partial charge on any atom is 0.0240 e. The van der Waals surface area contributed by atoms with E-state index in [4.69, 9.17) is 5.73 Å². The molecular weight excluding hydrogens is 244 g/mol. The van der Waals surface area contributed by atoms with Gasteiger partial charge in [-0.2, -0.15) is 0 Å². The van der Waals surface area contributed by atoms with E-state index in [1.165, 1.54) is 30.4 Å². The average Bonchev–Trinajstić information content (AvgIpc) is 2.40. The lowest BCUT2D eigenvalue weighted by molar-refractivity contribution is 0.0892. The molecule has 2 nitrogen and oxygen atoms in total. The van der Waals surface area contributed by atoms with E-state index in [1.807, 2.05) is 0 Å². The summed E-state index contributed by atoms with van der Waals surface area (Å²) in [5.74, 6) is 0. The van der Waals surface area contributed by atoms with Gasteiger partial charge in [0.15, 0.2) is 0 Å². The van der Waals surface area contributed by atoms with Crippen LogP contribution in [0.4, 0.5) is 0 Å². The second kappa shape index (κ2) is 6.28. The molecule has 1 aromatic carbocycles. The Balaban J connectivity index is 2.08. The number of likely N-dealkylation sites (tertiary alicyclic amines) is 1. The minimum atomic E-state index is 0.233. The van der Waals surface area contributed by atoms with Crippen molar-refractivity contribution in [1.82, 2.24) is 4.90 Å². The van der Waals surface area contributed by atoms with E-state index in [0.717, 1.165) is 13.1 Å². The van der Waals surface area contributed by atoms with Crippen molar-refractivity contribution in [3.05, 3.63) is 35.4 Å². The number of hydrogen-bond acceptors (Lipinski definition) is 2. The van der Waals surface area contributed by atoms with Gasteiger partial charge in [-0.1, -0.05) is 51.5 Å². The Morgan fingerprint density at radius 1 is 1.15 bits per heavy atom. The van der Waals surface area contributed by atoms with Crippen LogP contribution in [0.15, 0.2) is 24.3 Å². The highest BCUT2D eigenvalue weighted by atomic mass is 15.2. The lowest BCUT2D eigenvalue weighted by atomic mass is 9.86. The van der Waals surface area contributed by atoms with Crippen LogP contribution in [-0.2, 0) is 12.0 Å². The van der Waals surface area contributed by atoms with E-state index in [-0.39, 0.29) is 5.41 Å². The zero-order valence-corrected chi connectivity index (χ0v) is 13.5. The molecule has 0 amide bonds. The minimum Gasteiger partial charge on any atom is -0.329 e. The summed E-state index contributed by atoms with van der Waals surface area (Å²) in [6, 6.07) is 10.3. The molecule has 0 spiro atoms. The van der Waals surface area contributed by atoms with Crippen molar-refractivity contribution in [2.24, 2.45) is 5.73 Å². The first kappa shape index (κ1) is 15.5. The van der Waals surface area contributed by atoms with Gasteiger partial charge in [0, 0.05) is 25.2 Å². The van der Waals surface area contributed by atoms with Gasteiger partial charge in [-0.25, -0.2) is 0 Å². The molecule has 1 heterocycles. The highest BCUT2D eigenvalue weighted by molar-refractivity contribution is 5.27. The number of rotatable bonds is 3.